The van der Waals surface area contributed by atoms with E-state index in [4.69, 9.17) is 0 Å². The van der Waals surface area contributed by atoms with E-state index in [1.165, 1.54) is 6.07 Å². The van der Waals surface area contributed by atoms with E-state index in [9.17, 15) is 13.2 Å². The molecule has 1 aromatic rings. The average molecular weight is 290 g/mol. The van der Waals surface area contributed by atoms with E-state index in [-0.39, 0.29) is 4.90 Å². The van der Waals surface area contributed by atoms with E-state index >= 15 is 0 Å². The summed E-state index contributed by atoms with van der Waals surface area (Å²) in [5.74, 6) is 0. The third kappa shape index (κ3) is 2.99. The van der Waals surface area contributed by atoms with Gasteiger partial charge in [-0.25, -0.2) is 4.79 Å². The van der Waals surface area contributed by atoms with Crippen LogP contribution in [0.5, 0.6) is 0 Å². The van der Waals surface area contributed by atoms with Gasteiger partial charge in [0.05, 0.1) is 4.90 Å². The van der Waals surface area contributed by atoms with Crippen molar-refractivity contribution in [2.24, 2.45) is 4.40 Å². The van der Waals surface area contributed by atoms with Gasteiger partial charge in [-0.2, -0.15) is 8.42 Å². The second-order valence-electron chi connectivity index (χ2n) is 2.70. The fraction of sp³-hybridized carbons (Fsp3) is 0.222. The molecule has 0 aromatic heterocycles. The summed E-state index contributed by atoms with van der Waals surface area (Å²) in [7, 11) is -3.88. The molecule has 4 nitrogen and oxygen atoms in total. The van der Waals surface area contributed by atoms with Gasteiger partial charge in [0.1, 0.15) is 0 Å². The van der Waals surface area contributed by atoms with E-state index in [0.29, 0.717) is 17.3 Å². The minimum Gasteiger partial charge on any atom is -0.210 e. The molecule has 80 valence electrons. The first-order valence-electron chi connectivity index (χ1n) is 4.10. The van der Waals surface area contributed by atoms with Crippen LogP contribution in [-0.2, 0) is 21.2 Å². The fourth-order valence-electron chi connectivity index (χ4n) is 1.16. The molecule has 6 heteroatoms. The first-order valence-corrected chi connectivity index (χ1v) is 6.66. The minimum atomic E-state index is -3.88. The highest BCUT2D eigenvalue weighted by Crippen LogP contribution is 2.18. The van der Waals surface area contributed by atoms with Crippen molar-refractivity contribution in [2.45, 2.75) is 11.3 Å². The molecule has 0 heterocycles. The summed E-state index contributed by atoms with van der Waals surface area (Å²) < 4.78 is 25.8. The number of alkyl halides is 1. The Morgan fingerprint density at radius 1 is 1.33 bits per heavy atom. The standard InChI is InChI=1S/C9H8BrNO3S/c10-6-5-8-3-1-2-4-9(8)15(13,14)11-7-12/h1-4H,5-6H2. The van der Waals surface area contributed by atoms with Crippen LogP contribution in [0.2, 0.25) is 0 Å². The molecule has 0 spiro atoms. The maximum atomic E-state index is 11.5. The van der Waals surface area contributed by atoms with Gasteiger partial charge in [0.2, 0.25) is 0 Å². The maximum absolute atomic E-state index is 11.5. The number of halogens is 1. The molecule has 1 aromatic carbocycles. The normalized spacial score (nSPS) is 10.7. The number of hydrogen-bond acceptors (Lipinski definition) is 3. The Balaban J connectivity index is 3.30. The minimum absolute atomic E-state index is 0.0628. The number of hydrogen-bond donors (Lipinski definition) is 0. The highest BCUT2D eigenvalue weighted by atomic mass is 79.9. The Hall–Kier alpha value is -0.970. The Kier molecular flexibility index (Phi) is 4.20. The predicted molar refractivity (Wildman–Crippen MR) is 59.2 cm³/mol. The molecule has 0 saturated carbocycles. The quantitative estimate of drug-likeness (QED) is 0.481. The van der Waals surface area contributed by atoms with Crippen LogP contribution in [0.25, 0.3) is 0 Å². The van der Waals surface area contributed by atoms with Crippen LogP contribution < -0.4 is 0 Å². The van der Waals surface area contributed by atoms with Crippen LogP contribution in [-0.4, -0.2) is 19.8 Å². The molecule has 0 bridgehead atoms. The van der Waals surface area contributed by atoms with E-state index in [1.807, 2.05) is 0 Å². The Morgan fingerprint density at radius 3 is 2.60 bits per heavy atom. The molecule has 0 saturated heterocycles. The van der Waals surface area contributed by atoms with Crippen molar-refractivity contribution in [3.63, 3.8) is 0 Å². The van der Waals surface area contributed by atoms with Crippen molar-refractivity contribution in [1.82, 2.24) is 0 Å². The molecule has 0 aliphatic heterocycles. The lowest BCUT2D eigenvalue weighted by atomic mass is 10.2. The zero-order valence-corrected chi connectivity index (χ0v) is 10.1. The summed E-state index contributed by atoms with van der Waals surface area (Å²) in [6.07, 6.45) is 1.61. The molecule has 0 fully saturated rings. The zero-order valence-electron chi connectivity index (χ0n) is 7.68. The lowest BCUT2D eigenvalue weighted by Gasteiger charge is -2.04. The van der Waals surface area contributed by atoms with Crippen molar-refractivity contribution in [3.05, 3.63) is 29.8 Å². The van der Waals surface area contributed by atoms with E-state index < -0.39 is 10.0 Å². The van der Waals surface area contributed by atoms with Crippen molar-refractivity contribution in [2.75, 3.05) is 5.33 Å². The average Bonchev–Trinajstić information content (AvgIpc) is 2.19. The maximum Gasteiger partial charge on any atom is 0.292 e. The molecule has 0 unspecified atom stereocenters. The van der Waals surface area contributed by atoms with Gasteiger partial charge in [0, 0.05) is 5.33 Å². The Morgan fingerprint density at radius 2 is 2.00 bits per heavy atom. The molecule has 15 heavy (non-hydrogen) atoms. The summed E-state index contributed by atoms with van der Waals surface area (Å²) in [6, 6.07) is 6.44. The molecule has 0 atom stereocenters. The van der Waals surface area contributed by atoms with Crippen molar-refractivity contribution < 1.29 is 13.2 Å². The largest absolute Gasteiger partial charge is 0.292 e. The van der Waals surface area contributed by atoms with Crippen LogP contribution >= 0.6 is 15.9 Å². The fourth-order valence-corrected chi connectivity index (χ4v) is 2.54. The van der Waals surface area contributed by atoms with Crippen LogP contribution in [0, 0.1) is 0 Å². The van der Waals surface area contributed by atoms with Crippen LogP contribution in [0.4, 0.5) is 0 Å². The van der Waals surface area contributed by atoms with E-state index in [0.717, 1.165) is 6.08 Å². The predicted octanol–water partition coefficient (Wildman–Crippen LogP) is 1.65. The number of carbonyl (C=O) groups excluding carboxylic acids is 1. The number of aryl methyl sites for hydroxylation is 1. The number of rotatable bonds is 4. The molecule has 0 radical (unpaired) electrons. The number of benzene rings is 1. The molecular formula is C9H8BrNO3S. The second kappa shape index (κ2) is 5.21. The highest BCUT2D eigenvalue weighted by molar-refractivity contribution is 9.09. The monoisotopic (exact) mass is 289 g/mol. The number of nitrogens with zero attached hydrogens (tertiary/aromatic N) is 1. The zero-order chi connectivity index (χ0) is 11.3. The molecule has 1 rings (SSSR count). The van der Waals surface area contributed by atoms with Crippen molar-refractivity contribution in [3.8, 4) is 0 Å². The summed E-state index contributed by atoms with van der Waals surface area (Å²) >= 11 is 3.22. The molecule has 0 aliphatic rings. The van der Waals surface area contributed by atoms with Crippen LogP contribution in [0.1, 0.15) is 5.56 Å². The van der Waals surface area contributed by atoms with Crippen LogP contribution in [0.15, 0.2) is 33.6 Å². The lowest BCUT2D eigenvalue weighted by Crippen LogP contribution is -2.02. The molecule has 0 amide bonds. The third-order valence-corrected chi connectivity index (χ3v) is 3.44. The van der Waals surface area contributed by atoms with Gasteiger partial charge in [0.25, 0.3) is 16.1 Å². The van der Waals surface area contributed by atoms with Gasteiger partial charge < -0.3 is 0 Å². The van der Waals surface area contributed by atoms with Gasteiger partial charge in [-0.1, -0.05) is 38.5 Å². The SMILES string of the molecule is O=C=NS(=O)(=O)c1ccccc1CCBr. The lowest BCUT2D eigenvalue weighted by molar-refractivity contribution is 0.563. The van der Waals surface area contributed by atoms with Gasteiger partial charge in [-0.15, -0.1) is 0 Å². The van der Waals surface area contributed by atoms with Gasteiger partial charge in [0.15, 0.2) is 0 Å². The number of isocyanates is 1. The van der Waals surface area contributed by atoms with Gasteiger partial charge >= 0.3 is 0 Å². The smallest absolute Gasteiger partial charge is 0.210 e. The van der Waals surface area contributed by atoms with Gasteiger partial charge in [-0.05, 0) is 18.1 Å². The summed E-state index contributed by atoms with van der Waals surface area (Å²) in [5, 5.41) is 0.643. The van der Waals surface area contributed by atoms with E-state index in [1.54, 1.807) is 18.2 Å². The first-order chi connectivity index (χ1) is 7.11. The van der Waals surface area contributed by atoms with Crippen molar-refractivity contribution in [1.29, 1.82) is 0 Å². The second-order valence-corrected chi connectivity index (χ2v) is 5.07. The van der Waals surface area contributed by atoms with Crippen molar-refractivity contribution >= 4 is 32.0 Å². The van der Waals surface area contributed by atoms with E-state index in [2.05, 4.69) is 20.3 Å². The molecular weight excluding hydrogens is 282 g/mol. The molecule has 0 N–H and O–H groups in total. The summed E-state index contributed by atoms with van der Waals surface area (Å²) in [5.41, 5.74) is 0.633. The Labute approximate surface area is 96.2 Å². The highest BCUT2D eigenvalue weighted by Gasteiger charge is 2.16. The topological polar surface area (TPSA) is 63.6 Å². The Bertz CT molecular complexity index is 492. The first kappa shape index (κ1) is 12.1. The van der Waals surface area contributed by atoms with Gasteiger partial charge in [-0.3, -0.25) is 0 Å². The summed E-state index contributed by atoms with van der Waals surface area (Å²) in [6.45, 7) is 0. The summed E-state index contributed by atoms with van der Waals surface area (Å²) in [4.78, 5) is 10.0. The molecule has 0 aliphatic carbocycles. The third-order valence-electron chi connectivity index (χ3n) is 1.77. The van der Waals surface area contributed by atoms with Crippen LogP contribution in [0.3, 0.4) is 0 Å². The number of sulfonamides is 1.